The summed E-state index contributed by atoms with van der Waals surface area (Å²) in [6.07, 6.45) is 0. The van der Waals surface area contributed by atoms with Gasteiger partial charge in [0.2, 0.25) is 0 Å². The predicted octanol–water partition coefficient (Wildman–Crippen LogP) is 2.55. The molecule has 0 radical (unpaired) electrons. The normalized spacial score (nSPS) is 15.4. The summed E-state index contributed by atoms with van der Waals surface area (Å²) in [5, 5.41) is 11.2. The van der Waals surface area contributed by atoms with Crippen molar-refractivity contribution in [1.82, 2.24) is 15.1 Å². The quantitative estimate of drug-likeness (QED) is 0.873. The molecular weight excluding hydrogens is 370 g/mol. The summed E-state index contributed by atoms with van der Waals surface area (Å²) >= 11 is 3.41. The van der Waals surface area contributed by atoms with Crippen LogP contribution in [0.2, 0.25) is 0 Å². The van der Waals surface area contributed by atoms with Gasteiger partial charge in [0, 0.05) is 36.3 Å². The van der Waals surface area contributed by atoms with Crippen LogP contribution >= 0.6 is 15.9 Å². The molecule has 1 aliphatic heterocycles. The molecule has 0 aliphatic carbocycles. The van der Waals surface area contributed by atoms with Gasteiger partial charge in [0.25, 0.3) is 5.91 Å². The first kappa shape index (κ1) is 16.9. The SMILES string of the molecule is Cc1cc(Br)ccc1NC(=O)c1ccc(N2CCN(C)CC2)nn1. The Kier molecular flexibility index (Phi) is 5.11. The Morgan fingerprint density at radius 1 is 1.12 bits per heavy atom. The highest BCUT2D eigenvalue weighted by Crippen LogP contribution is 2.20. The average molecular weight is 390 g/mol. The van der Waals surface area contributed by atoms with E-state index in [1.165, 1.54) is 0 Å². The number of aryl methyl sites for hydroxylation is 1. The molecular formula is C17H20BrN5O. The Balaban J connectivity index is 1.67. The number of carbonyl (C=O) groups excluding carboxylic acids is 1. The molecule has 1 aromatic heterocycles. The molecule has 1 N–H and O–H groups in total. The number of hydrogen-bond acceptors (Lipinski definition) is 5. The lowest BCUT2D eigenvalue weighted by Crippen LogP contribution is -2.44. The second-order valence-corrected chi connectivity index (χ2v) is 6.90. The zero-order valence-corrected chi connectivity index (χ0v) is 15.4. The van der Waals surface area contributed by atoms with Gasteiger partial charge in [-0.2, -0.15) is 0 Å². The van der Waals surface area contributed by atoms with Crippen molar-refractivity contribution < 1.29 is 4.79 Å². The summed E-state index contributed by atoms with van der Waals surface area (Å²) < 4.78 is 0.981. The summed E-state index contributed by atoms with van der Waals surface area (Å²) in [4.78, 5) is 16.8. The summed E-state index contributed by atoms with van der Waals surface area (Å²) in [6, 6.07) is 9.30. The number of amides is 1. The number of hydrogen-bond donors (Lipinski definition) is 1. The van der Waals surface area contributed by atoms with Crippen LogP contribution in [0.4, 0.5) is 11.5 Å². The third-order valence-electron chi connectivity index (χ3n) is 4.15. The maximum absolute atomic E-state index is 12.3. The monoisotopic (exact) mass is 389 g/mol. The van der Waals surface area contributed by atoms with Gasteiger partial charge in [-0.05, 0) is 49.9 Å². The number of halogens is 1. The Morgan fingerprint density at radius 3 is 2.50 bits per heavy atom. The van der Waals surface area contributed by atoms with Crippen LogP contribution in [0.5, 0.6) is 0 Å². The molecule has 1 fully saturated rings. The highest BCUT2D eigenvalue weighted by atomic mass is 79.9. The van der Waals surface area contributed by atoms with Crippen molar-refractivity contribution in [2.75, 3.05) is 43.4 Å². The van der Waals surface area contributed by atoms with Gasteiger partial charge in [-0.3, -0.25) is 4.79 Å². The third-order valence-corrected chi connectivity index (χ3v) is 4.64. The maximum Gasteiger partial charge on any atom is 0.276 e. The van der Waals surface area contributed by atoms with Crippen LogP contribution in [0.15, 0.2) is 34.8 Å². The highest BCUT2D eigenvalue weighted by molar-refractivity contribution is 9.10. The third kappa shape index (κ3) is 3.91. The summed E-state index contributed by atoms with van der Waals surface area (Å²) in [5.41, 5.74) is 2.07. The van der Waals surface area contributed by atoms with Crippen LogP contribution < -0.4 is 10.2 Å². The Morgan fingerprint density at radius 2 is 1.88 bits per heavy atom. The lowest BCUT2D eigenvalue weighted by molar-refractivity contribution is 0.102. The van der Waals surface area contributed by atoms with E-state index in [4.69, 9.17) is 0 Å². The van der Waals surface area contributed by atoms with Crippen LogP contribution in [0.25, 0.3) is 0 Å². The lowest BCUT2D eigenvalue weighted by atomic mass is 10.2. The fourth-order valence-electron chi connectivity index (χ4n) is 2.60. The van der Waals surface area contributed by atoms with E-state index in [0.717, 1.165) is 47.7 Å². The molecule has 24 heavy (non-hydrogen) atoms. The van der Waals surface area contributed by atoms with Crippen molar-refractivity contribution in [1.29, 1.82) is 0 Å². The van der Waals surface area contributed by atoms with Crippen LogP contribution in [0.1, 0.15) is 16.1 Å². The number of benzene rings is 1. The molecule has 2 heterocycles. The molecule has 1 saturated heterocycles. The zero-order valence-electron chi connectivity index (χ0n) is 13.8. The summed E-state index contributed by atoms with van der Waals surface area (Å²) in [5.74, 6) is 0.567. The Labute approximate surface area is 150 Å². The second-order valence-electron chi connectivity index (χ2n) is 5.98. The molecule has 0 atom stereocenters. The van der Waals surface area contributed by atoms with E-state index in [1.807, 2.05) is 31.2 Å². The van der Waals surface area contributed by atoms with E-state index in [9.17, 15) is 4.79 Å². The van der Waals surface area contributed by atoms with Crippen molar-refractivity contribution in [3.8, 4) is 0 Å². The number of aromatic nitrogens is 2. The van der Waals surface area contributed by atoms with Crippen LogP contribution in [0.3, 0.4) is 0 Å². The minimum absolute atomic E-state index is 0.252. The fraction of sp³-hybridized carbons (Fsp3) is 0.353. The standard InChI is InChI=1S/C17H20BrN5O/c1-12-11-13(18)3-4-14(12)19-17(24)15-5-6-16(21-20-15)23-9-7-22(2)8-10-23/h3-6,11H,7-10H2,1-2H3,(H,19,24). The van der Waals surface area contributed by atoms with Gasteiger partial charge in [-0.15, -0.1) is 10.2 Å². The first-order chi connectivity index (χ1) is 11.5. The smallest absolute Gasteiger partial charge is 0.276 e. The van der Waals surface area contributed by atoms with Gasteiger partial charge in [0.05, 0.1) is 0 Å². The van der Waals surface area contributed by atoms with E-state index in [2.05, 4.69) is 48.3 Å². The largest absolute Gasteiger partial charge is 0.353 e. The number of nitrogens with zero attached hydrogens (tertiary/aromatic N) is 4. The number of piperazine rings is 1. The van der Waals surface area contributed by atoms with E-state index < -0.39 is 0 Å². The molecule has 126 valence electrons. The average Bonchev–Trinajstić information content (AvgIpc) is 2.58. The predicted molar refractivity (Wildman–Crippen MR) is 98.6 cm³/mol. The molecule has 0 saturated carbocycles. The molecule has 0 unspecified atom stereocenters. The molecule has 0 spiro atoms. The van der Waals surface area contributed by atoms with Gasteiger partial charge in [0.1, 0.15) is 0 Å². The highest BCUT2D eigenvalue weighted by Gasteiger charge is 2.17. The molecule has 2 aromatic rings. The number of anilines is 2. The zero-order chi connectivity index (χ0) is 17.1. The van der Waals surface area contributed by atoms with Crippen molar-refractivity contribution in [2.45, 2.75) is 6.92 Å². The molecule has 6 nitrogen and oxygen atoms in total. The number of likely N-dealkylation sites (N-methyl/N-ethyl adjacent to an activating group) is 1. The molecule has 7 heteroatoms. The topological polar surface area (TPSA) is 61.4 Å². The molecule has 0 bridgehead atoms. The minimum Gasteiger partial charge on any atom is -0.353 e. The van der Waals surface area contributed by atoms with Crippen molar-refractivity contribution in [3.05, 3.63) is 46.1 Å². The summed E-state index contributed by atoms with van der Waals surface area (Å²) in [7, 11) is 2.11. The lowest BCUT2D eigenvalue weighted by Gasteiger charge is -2.32. The number of nitrogens with one attached hydrogen (secondary N) is 1. The minimum atomic E-state index is -0.252. The van der Waals surface area contributed by atoms with Gasteiger partial charge in [-0.1, -0.05) is 15.9 Å². The van der Waals surface area contributed by atoms with E-state index in [0.29, 0.717) is 5.69 Å². The van der Waals surface area contributed by atoms with Crippen molar-refractivity contribution in [2.24, 2.45) is 0 Å². The first-order valence-corrected chi connectivity index (χ1v) is 8.67. The van der Waals surface area contributed by atoms with Crippen molar-refractivity contribution >= 4 is 33.3 Å². The number of carbonyl (C=O) groups is 1. The van der Waals surface area contributed by atoms with Crippen LogP contribution in [0, 0.1) is 6.92 Å². The first-order valence-electron chi connectivity index (χ1n) is 7.87. The molecule has 1 aromatic carbocycles. The van der Waals surface area contributed by atoms with Gasteiger partial charge in [0.15, 0.2) is 11.5 Å². The van der Waals surface area contributed by atoms with Crippen molar-refractivity contribution in [3.63, 3.8) is 0 Å². The van der Waals surface area contributed by atoms with E-state index >= 15 is 0 Å². The maximum atomic E-state index is 12.3. The van der Waals surface area contributed by atoms with E-state index in [-0.39, 0.29) is 5.91 Å². The summed E-state index contributed by atoms with van der Waals surface area (Å²) in [6.45, 7) is 5.81. The van der Waals surface area contributed by atoms with Crippen LogP contribution in [-0.2, 0) is 0 Å². The van der Waals surface area contributed by atoms with Gasteiger partial charge < -0.3 is 15.1 Å². The van der Waals surface area contributed by atoms with Gasteiger partial charge in [-0.25, -0.2) is 0 Å². The Hall–Kier alpha value is -1.99. The molecule has 1 aliphatic rings. The molecule has 1 amide bonds. The van der Waals surface area contributed by atoms with E-state index in [1.54, 1.807) is 6.07 Å². The second kappa shape index (κ2) is 7.27. The number of rotatable bonds is 3. The van der Waals surface area contributed by atoms with Gasteiger partial charge >= 0.3 is 0 Å². The Bertz CT molecular complexity index is 726. The fourth-order valence-corrected chi connectivity index (χ4v) is 3.08. The molecule has 3 rings (SSSR count). The van der Waals surface area contributed by atoms with Crippen LogP contribution in [-0.4, -0.2) is 54.2 Å².